The van der Waals surface area contributed by atoms with Crippen molar-refractivity contribution in [2.75, 3.05) is 19.6 Å². The second kappa shape index (κ2) is 21.9. The third kappa shape index (κ3) is 15.6. The maximum atomic E-state index is 12.7. The SMILES string of the molecule is C=CC(C)C(C)C.C=CC=C.CC.CCC(CCN1C(=O)C(C)(CC(C)C)N=C1N)CN(C=O)CC. The Morgan fingerprint density at radius 2 is 1.61 bits per heavy atom. The van der Waals surface area contributed by atoms with Gasteiger partial charge in [0.15, 0.2) is 5.96 Å². The van der Waals surface area contributed by atoms with Crippen molar-refractivity contribution in [2.45, 2.75) is 94.0 Å². The Hall–Kier alpha value is -2.37. The van der Waals surface area contributed by atoms with Gasteiger partial charge in [-0.2, -0.15) is 0 Å². The maximum absolute atomic E-state index is 12.7. The summed E-state index contributed by atoms with van der Waals surface area (Å²) in [7, 11) is 0. The Labute approximate surface area is 223 Å². The predicted octanol–water partition coefficient (Wildman–Crippen LogP) is 6.69. The van der Waals surface area contributed by atoms with E-state index in [0.717, 1.165) is 31.7 Å². The molecule has 1 aliphatic rings. The summed E-state index contributed by atoms with van der Waals surface area (Å²) >= 11 is 0. The first-order valence-electron chi connectivity index (χ1n) is 13.6. The van der Waals surface area contributed by atoms with Gasteiger partial charge < -0.3 is 10.6 Å². The second-order valence-corrected chi connectivity index (χ2v) is 9.86. The van der Waals surface area contributed by atoms with Crippen LogP contribution in [0.15, 0.2) is 43.0 Å². The third-order valence-electron chi connectivity index (χ3n) is 6.13. The van der Waals surface area contributed by atoms with Gasteiger partial charge in [0.05, 0.1) is 0 Å². The Morgan fingerprint density at radius 1 is 1.08 bits per heavy atom. The number of amides is 2. The highest BCUT2D eigenvalue weighted by atomic mass is 16.2. The Balaban J connectivity index is -0.000000693. The summed E-state index contributed by atoms with van der Waals surface area (Å²) in [6.45, 7) is 33.1. The summed E-state index contributed by atoms with van der Waals surface area (Å²) in [5, 5.41) is 0. The predicted molar refractivity (Wildman–Crippen MR) is 159 cm³/mol. The molecule has 1 aliphatic heterocycles. The van der Waals surface area contributed by atoms with Gasteiger partial charge in [0.2, 0.25) is 6.41 Å². The van der Waals surface area contributed by atoms with Gasteiger partial charge in [-0.15, -0.1) is 6.58 Å². The average molecular weight is 507 g/mol. The minimum absolute atomic E-state index is 0.00119. The van der Waals surface area contributed by atoms with Crippen LogP contribution >= 0.6 is 0 Å². The topological polar surface area (TPSA) is 79.0 Å². The van der Waals surface area contributed by atoms with Gasteiger partial charge in [-0.1, -0.05) is 93.2 Å². The summed E-state index contributed by atoms with van der Waals surface area (Å²) in [5.74, 6) is 2.49. The molecule has 2 amide bonds. The summed E-state index contributed by atoms with van der Waals surface area (Å²) in [5.41, 5.74) is 5.27. The molecule has 210 valence electrons. The summed E-state index contributed by atoms with van der Waals surface area (Å²) in [4.78, 5) is 31.4. The maximum Gasteiger partial charge on any atom is 0.257 e. The minimum atomic E-state index is -0.724. The Kier molecular flexibility index (Phi) is 23.2. The van der Waals surface area contributed by atoms with Crippen molar-refractivity contribution >= 4 is 18.3 Å². The smallest absolute Gasteiger partial charge is 0.257 e. The molecule has 0 saturated heterocycles. The van der Waals surface area contributed by atoms with Crippen molar-refractivity contribution in [3.05, 3.63) is 38.0 Å². The van der Waals surface area contributed by atoms with E-state index in [-0.39, 0.29) is 5.91 Å². The lowest BCUT2D eigenvalue weighted by Crippen LogP contribution is -2.44. The lowest BCUT2D eigenvalue weighted by molar-refractivity contribution is -0.131. The summed E-state index contributed by atoms with van der Waals surface area (Å²) in [6, 6.07) is 0. The van der Waals surface area contributed by atoms with Crippen LogP contribution in [0, 0.1) is 23.7 Å². The number of carbonyl (C=O) groups is 2. The van der Waals surface area contributed by atoms with Gasteiger partial charge in [-0.3, -0.25) is 14.5 Å². The number of hydrogen-bond acceptors (Lipinski definition) is 4. The first-order chi connectivity index (χ1) is 16.9. The van der Waals surface area contributed by atoms with Crippen LogP contribution in [0.5, 0.6) is 0 Å². The van der Waals surface area contributed by atoms with E-state index in [9.17, 15) is 9.59 Å². The van der Waals surface area contributed by atoms with Crippen molar-refractivity contribution in [1.82, 2.24) is 9.80 Å². The van der Waals surface area contributed by atoms with Crippen LogP contribution in [0.25, 0.3) is 0 Å². The first-order valence-corrected chi connectivity index (χ1v) is 13.6. The fourth-order valence-electron chi connectivity index (χ4n) is 3.49. The molecule has 6 nitrogen and oxygen atoms in total. The highest BCUT2D eigenvalue weighted by molar-refractivity contribution is 6.06. The van der Waals surface area contributed by atoms with Crippen LogP contribution in [0.1, 0.15) is 88.5 Å². The number of hydrogen-bond donors (Lipinski definition) is 1. The van der Waals surface area contributed by atoms with E-state index in [1.807, 2.05) is 33.8 Å². The zero-order chi connectivity index (χ0) is 28.9. The van der Waals surface area contributed by atoms with E-state index in [2.05, 4.69) is 66.3 Å². The number of allylic oxidation sites excluding steroid dienone is 3. The lowest BCUT2D eigenvalue weighted by Gasteiger charge is -2.26. The molecule has 0 spiro atoms. The molecule has 0 saturated carbocycles. The zero-order valence-corrected chi connectivity index (χ0v) is 25.2. The standard InChI is InChI=1S/C17H32N4O2.C7H14.C4H6.C2H6/c1-6-14(11-20(7-2)12-22)8-9-21-15(23)17(5,10-13(3)4)19-16(21)18;1-5-7(4)6(2)3;1-3-4-2;1-2/h12-14H,6-11H2,1-5H3,(H2,18,19);5-7H,1H2,2-4H3;3-4H,1-2H2;1-2H3. The molecule has 1 rings (SSSR count). The van der Waals surface area contributed by atoms with Gasteiger partial charge in [0.1, 0.15) is 5.54 Å². The van der Waals surface area contributed by atoms with Crippen LogP contribution in [-0.2, 0) is 9.59 Å². The number of guanidine groups is 1. The van der Waals surface area contributed by atoms with Gasteiger partial charge in [-0.05, 0) is 50.4 Å². The van der Waals surface area contributed by atoms with E-state index < -0.39 is 5.54 Å². The molecule has 0 aromatic heterocycles. The quantitative estimate of drug-likeness (QED) is 0.172. The van der Waals surface area contributed by atoms with Crippen molar-refractivity contribution in [3.63, 3.8) is 0 Å². The number of aliphatic imine (C=N–C) groups is 1. The molecule has 6 heteroatoms. The highest BCUT2D eigenvalue weighted by Gasteiger charge is 2.43. The van der Waals surface area contributed by atoms with E-state index in [0.29, 0.717) is 43.2 Å². The van der Waals surface area contributed by atoms with E-state index >= 15 is 0 Å². The zero-order valence-electron chi connectivity index (χ0n) is 25.2. The van der Waals surface area contributed by atoms with Crippen molar-refractivity contribution in [2.24, 2.45) is 34.4 Å². The molecule has 0 aliphatic carbocycles. The molecule has 3 atom stereocenters. The average Bonchev–Trinajstić information content (AvgIpc) is 3.06. The summed E-state index contributed by atoms with van der Waals surface area (Å²) < 4.78 is 0. The van der Waals surface area contributed by atoms with Crippen LogP contribution in [-0.4, -0.2) is 53.2 Å². The Morgan fingerprint density at radius 3 is 1.92 bits per heavy atom. The van der Waals surface area contributed by atoms with Crippen molar-refractivity contribution in [3.8, 4) is 0 Å². The Bertz CT molecular complexity index is 651. The first kappa shape index (κ1) is 38.2. The molecule has 0 aromatic carbocycles. The number of nitrogens with zero attached hydrogens (tertiary/aromatic N) is 3. The highest BCUT2D eigenvalue weighted by Crippen LogP contribution is 2.29. The van der Waals surface area contributed by atoms with Gasteiger partial charge in [-0.25, -0.2) is 4.99 Å². The van der Waals surface area contributed by atoms with Crippen molar-refractivity contribution < 1.29 is 9.59 Å². The minimum Gasteiger partial charge on any atom is -0.369 e. The second-order valence-electron chi connectivity index (χ2n) is 9.86. The molecule has 2 N–H and O–H groups in total. The number of carbonyl (C=O) groups excluding carboxylic acids is 2. The van der Waals surface area contributed by atoms with Crippen LogP contribution in [0.2, 0.25) is 0 Å². The van der Waals surface area contributed by atoms with Gasteiger partial charge in [0, 0.05) is 19.6 Å². The van der Waals surface area contributed by atoms with Crippen LogP contribution < -0.4 is 5.73 Å². The third-order valence-corrected chi connectivity index (χ3v) is 6.13. The van der Waals surface area contributed by atoms with Crippen LogP contribution in [0.4, 0.5) is 0 Å². The molecule has 3 unspecified atom stereocenters. The molecule has 1 heterocycles. The monoisotopic (exact) mass is 506 g/mol. The summed E-state index contributed by atoms with van der Waals surface area (Å²) in [6.07, 6.45) is 8.64. The number of rotatable bonds is 13. The van der Waals surface area contributed by atoms with E-state index in [1.54, 1.807) is 22.0 Å². The molecular formula is C30H58N4O2. The molecule has 36 heavy (non-hydrogen) atoms. The number of nitrogens with two attached hydrogens (primary N) is 1. The van der Waals surface area contributed by atoms with E-state index in [1.165, 1.54) is 0 Å². The van der Waals surface area contributed by atoms with Crippen LogP contribution in [0.3, 0.4) is 0 Å². The molecule has 0 aromatic rings. The molecular weight excluding hydrogens is 448 g/mol. The van der Waals surface area contributed by atoms with Gasteiger partial charge in [0.25, 0.3) is 5.91 Å². The fourth-order valence-corrected chi connectivity index (χ4v) is 3.49. The lowest BCUT2D eigenvalue weighted by atomic mass is 9.91. The molecule has 0 bridgehead atoms. The molecule has 0 radical (unpaired) electrons. The molecule has 0 fully saturated rings. The van der Waals surface area contributed by atoms with Gasteiger partial charge >= 0.3 is 0 Å². The normalized spacial score (nSPS) is 17.8. The van der Waals surface area contributed by atoms with E-state index in [4.69, 9.17) is 5.73 Å². The fraction of sp³-hybridized carbons (Fsp3) is 0.700. The van der Waals surface area contributed by atoms with Crippen molar-refractivity contribution in [1.29, 1.82) is 0 Å². The largest absolute Gasteiger partial charge is 0.369 e.